The van der Waals surface area contributed by atoms with Gasteiger partial charge < -0.3 is 4.74 Å². The number of fused-ring (bicyclic) bond motifs is 1. The Balaban J connectivity index is 2.52. The van der Waals surface area contributed by atoms with Gasteiger partial charge in [-0.3, -0.25) is 0 Å². The van der Waals surface area contributed by atoms with Crippen LogP contribution < -0.4 is 4.74 Å². The summed E-state index contributed by atoms with van der Waals surface area (Å²) in [5.74, 6) is 1.11. The predicted molar refractivity (Wildman–Crippen MR) is 58.1 cm³/mol. The second-order valence-electron chi connectivity index (χ2n) is 3.10. The number of para-hydroxylation sites is 1. The first-order valence-corrected chi connectivity index (χ1v) is 5.40. The number of aryl methyl sites for hydroxylation is 1. The number of hydrogen-bond acceptors (Lipinski definition) is 1. The number of ether oxygens (including phenoxy) is 1. The Bertz CT molecular complexity index is 296. The van der Waals surface area contributed by atoms with E-state index < -0.39 is 0 Å². The number of rotatable bonds is 0. The maximum absolute atomic E-state index is 5.62. The largest absolute Gasteiger partial charge is 0.493 e. The summed E-state index contributed by atoms with van der Waals surface area (Å²) in [7, 11) is 0. The smallest absolute Gasteiger partial charge is 0.126 e. The van der Waals surface area contributed by atoms with Crippen LogP contribution in [0.2, 0.25) is 0 Å². The van der Waals surface area contributed by atoms with E-state index in [1.54, 1.807) is 0 Å². The lowest BCUT2D eigenvalue weighted by Gasteiger charge is -2.23. The van der Waals surface area contributed by atoms with E-state index in [0.717, 1.165) is 18.8 Å². The normalized spacial score (nSPS) is 21.3. The van der Waals surface area contributed by atoms with Crippen molar-refractivity contribution in [2.75, 3.05) is 6.61 Å². The molecule has 2 heteroatoms. The molecule has 1 atom stereocenters. The fourth-order valence-corrected chi connectivity index (χ4v) is 2.28. The second kappa shape index (κ2) is 3.24. The molecule has 0 amide bonds. The lowest BCUT2D eigenvalue weighted by atomic mass is 10.0. The number of halogens is 1. The maximum atomic E-state index is 5.62. The van der Waals surface area contributed by atoms with Gasteiger partial charge in [0, 0.05) is 9.49 Å². The van der Waals surface area contributed by atoms with Crippen LogP contribution in [0.5, 0.6) is 5.75 Å². The number of hydrogen-bond donors (Lipinski definition) is 0. The molecule has 0 saturated heterocycles. The van der Waals surface area contributed by atoms with Crippen molar-refractivity contribution >= 4 is 22.6 Å². The van der Waals surface area contributed by atoms with Gasteiger partial charge in [0.2, 0.25) is 0 Å². The molecular formula is C10H11IO. The van der Waals surface area contributed by atoms with E-state index in [1.807, 2.05) is 0 Å². The van der Waals surface area contributed by atoms with Crippen molar-refractivity contribution in [1.82, 2.24) is 0 Å². The van der Waals surface area contributed by atoms with Gasteiger partial charge in [-0.1, -0.05) is 40.8 Å². The Morgan fingerprint density at radius 3 is 3.08 bits per heavy atom. The minimum absolute atomic E-state index is 0.631. The zero-order valence-electron chi connectivity index (χ0n) is 7.01. The Kier molecular flexibility index (Phi) is 2.26. The van der Waals surface area contributed by atoms with Gasteiger partial charge in [0.15, 0.2) is 0 Å². The van der Waals surface area contributed by atoms with Gasteiger partial charge in [0.1, 0.15) is 5.75 Å². The van der Waals surface area contributed by atoms with E-state index in [1.165, 1.54) is 11.1 Å². The highest BCUT2D eigenvalue weighted by atomic mass is 127. The number of benzene rings is 1. The lowest BCUT2D eigenvalue weighted by Crippen LogP contribution is -2.11. The molecule has 0 N–H and O–H groups in total. The molecule has 0 fully saturated rings. The Hall–Kier alpha value is -0.250. The fourth-order valence-electron chi connectivity index (χ4n) is 1.54. The first-order chi connectivity index (χ1) is 5.79. The molecule has 0 bridgehead atoms. The molecule has 1 aromatic rings. The van der Waals surface area contributed by atoms with Crippen molar-refractivity contribution in [3.63, 3.8) is 0 Å². The quantitative estimate of drug-likeness (QED) is 0.521. The first-order valence-electron chi connectivity index (χ1n) is 4.15. The summed E-state index contributed by atoms with van der Waals surface area (Å²) >= 11 is 2.48. The third-order valence-corrected chi connectivity index (χ3v) is 3.49. The van der Waals surface area contributed by atoms with Gasteiger partial charge >= 0.3 is 0 Å². The fraction of sp³-hybridized carbons (Fsp3) is 0.400. The van der Waals surface area contributed by atoms with Crippen LogP contribution in [0.4, 0.5) is 0 Å². The monoisotopic (exact) mass is 274 g/mol. The first kappa shape index (κ1) is 8.35. The van der Waals surface area contributed by atoms with Crippen LogP contribution in [-0.4, -0.2) is 6.61 Å². The van der Waals surface area contributed by atoms with E-state index in [0.29, 0.717) is 3.92 Å². The highest BCUT2D eigenvalue weighted by Crippen LogP contribution is 2.39. The van der Waals surface area contributed by atoms with Crippen LogP contribution in [0.3, 0.4) is 0 Å². The molecule has 0 spiro atoms. The highest BCUT2D eigenvalue weighted by Gasteiger charge is 2.19. The molecule has 2 rings (SSSR count). The molecule has 1 aliphatic heterocycles. The van der Waals surface area contributed by atoms with E-state index in [-0.39, 0.29) is 0 Å². The highest BCUT2D eigenvalue weighted by molar-refractivity contribution is 14.1. The summed E-state index contributed by atoms with van der Waals surface area (Å²) < 4.78 is 6.25. The van der Waals surface area contributed by atoms with Gasteiger partial charge in [0.25, 0.3) is 0 Å². The summed E-state index contributed by atoms with van der Waals surface area (Å²) in [4.78, 5) is 0. The molecule has 0 aliphatic carbocycles. The molecule has 0 radical (unpaired) electrons. The zero-order valence-corrected chi connectivity index (χ0v) is 9.17. The molecule has 1 nitrogen and oxygen atoms in total. The lowest BCUT2D eigenvalue weighted by molar-refractivity contribution is 0.287. The molecule has 64 valence electrons. The summed E-state index contributed by atoms with van der Waals surface area (Å²) in [6.45, 7) is 2.97. The Labute approximate surface area is 86.3 Å². The SMILES string of the molecule is Cc1cccc2c1OCCC2I. The predicted octanol–water partition coefficient (Wildman–Crippen LogP) is 3.25. The summed E-state index contributed by atoms with van der Waals surface area (Å²) in [6.07, 6.45) is 1.14. The van der Waals surface area contributed by atoms with Crippen LogP contribution in [0.15, 0.2) is 18.2 Å². The third-order valence-electron chi connectivity index (χ3n) is 2.20. The summed E-state index contributed by atoms with van der Waals surface area (Å²) in [6, 6.07) is 6.38. The topological polar surface area (TPSA) is 9.23 Å². The molecular weight excluding hydrogens is 263 g/mol. The average molecular weight is 274 g/mol. The third kappa shape index (κ3) is 1.32. The molecule has 1 unspecified atom stereocenters. The molecule has 0 saturated carbocycles. The van der Waals surface area contributed by atoms with E-state index in [9.17, 15) is 0 Å². The van der Waals surface area contributed by atoms with Crippen molar-refractivity contribution in [2.45, 2.75) is 17.3 Å². The minimum Gasteiger partial charge on any atom is -0.493 e. The van der Waals surface area contributed by atoms with Gasteiger partial charge in [-0.05, 0) is 18.9 Å². The standard InChI is InChI=1S/C10H11IO/c1-7-3-2-4-8-9(11)5-6-12-10(7)8/h2-4,9H,5-6H2,1H3. The Morgan fingerprint density at radius 1 is 1.50 bits per heavy atom. The van der Waals surface area contributed by atoms with Crippen molar-refractivity contribution in [3.05, 3.63) is 29.3 Å². The van der Waals surface area contributed by atoms with Crippen molar-refractivity contribution in [3.8, 4) is 5.75 Å². The molecule has 1 aromatic carbocycles. The minimum atomic E-state index is 0.631. The second-order valence-corrected chi connectivity index (χ2v) is 4.60. The van der Waals surface area contributed by atoms with Gasteiger partial charge in [-0.15, -0.1) is 0 Å². The summed E-state index contributed by atoms with van der Waals surface area (Å²) in [5.41, 5.74) is 2.62. The zero-order chi connectivity index (χ0) is 8.55. The molecule has 0 aromatic heterocycles. The van der Waals surface area contributed by atoms with Gasteiger partial charge in [0.05, 0.1) is 6.61 Å². The molecule has 1 aliphatic rings. The Morgan fingerprint density at radius 2 is 2.33 bits per heavy atom. The maximum Gasteiger partial charge on any atom is 0.126 e. The van der Waals surface area contributed by atoms with E-state index in [2.05, 4.69) is 47.7 Å². The number of alkyl halides is 1. The summed E-state index contributed by atoms with van der Waals surface area (Å²) in [5, 5.41) is 0. The van der Waals surface area contributed by atoms with Crippen molar-refractivity contribution in [2.24, 2.45) is 0 Å². The molecule has 1 heterocycles. The van der Waals surface area contributed by atoms with Crippen LogP contribution in [0.25, 0.3) is 0 Å². The van der Waals surface area contributed by atoms with Crippen LogP contribution in [0.1, 0.15) is 21.5 Å². The van der Waals surface area contributed by atoms with Gasteiger partial charge in [-0.25, -0.2) is 0 Å². The van der Waals surface area contributed by atoms with Crippen LogP contribution in [0, 0.1) is 6.92 Å². The van der Waals surface area contributed by atoms with Crippen molar-refractivity contribution in [1.29, 1.82) is 0 Å². The van der Waals surface area contributed by atoms with Crippen molar-refractivity contribution < 1.29 is 4.74 Å². The van der Waals surface area contributed by atoms with Gasteiger partial charge in [-0.2, -0.15) is 0 Å². The molecule has 12 heavy (non-hydrogen) atoms. The van der Waals surface area contributed by atoms with Crippen LogP contribution in [-0.2, 0) is 0 Å². The van der Waals surface area contributed by atoms with E-state index in [4.69, 9.17) is 4.74 Å². The van der Waals surface area contributed by atoms with Crippen LogP contribution >= 0.6 is 22.6 Å². The van der Waals surface area contributed by atoms with E-state index >= 15 is 0 Å². The average Bonchev–Trinajstić information content (AvgIpc) is 2.07.